The summed E-state index contributed by atoms with van der Waals surface area (Å²) in [5.41, 5.74) is 4.61. The number of aryl methyl sites for hydroxylation is 1. The Morgan fingerprint density at radius 3 is 2.46 bits per heavy atom. The van der Waals surface area contributed by atoms with Crippen LogP contribution in [0.2, 0.25) is 0 Å². The van der Waals surface area contributed by atoms with Crippen LogP contribution in [-0.2, 0) is 6.42 Å². The Morgan fingerprint density at radius 2 is 1.73 bits per heavy atom. The number of aromatic nitrogens is 2. The third kappa shape index (κ3) is 4.66. The Hall–Kier alpha value is -3.21. The minimum atomic E-state index is -0.0911. The van der Waals surface area contributed by atoms with E-state index < -0.39 is 0 Å². The number of benzene rings is 1. The van der Waals surface area contributed by atoms with E-state index in [0.29, 0.717) is 12.2 Å². The number of carbonyl (C=O) groups is 1. The number of likely N-dealkylation sites (N-methyl/N-ethyl adjacent to an activating group) is 1. The molecule has 0 fully saturated rings. The topological polar surface area (TPSA) is 58.1 Å². The number of anilines is 2. The van der Waals surface area contributed by atoms with Crippen molar-refractivity contribution >= 4 is 17.3 Å². The monoisotopic (exact) mass is 346 g/mol. The molecule has 0 aliphatic heterocycles. The van der Waals surface area contributed by atoms with Crippen LogP contribution in [0.4, 0.5) is 11.4 Å². The summed E-state index contributed by atoms with van der Waals surface area (Å²) >= 11 is 0. The van der Waals surface area contributed by atoms with E-state index in [2.05, 4.69) is 22.2 Å². The number of hydrogen-bond donors (Lipinski definition) is 1. The van der Waals surface area contributed by atoms with Gasteiger partial charge in [-0.1, -0.05) is 17.7 Å². The van der Waals surface area contributed by atoms with Gasteiger partial charge >= 0.3 is 0 Å². The summed E-state index contributed by atoms with van der Waals surface area (Å²) in [6, 6.07) is 15.7. The Bertz CT molecular complexity index is 863. The predicted molar refractivity (Wildman–Crippen MR) is 104 cm³/mol. The maximum absolute atomic E-state index is 12.6. The molecule has 1 N–H and O–H groups in total. The molecule has 3 rings (SSSR count). The molecule has 0 atom stereocenters. The highest BCUT2D eigenvalue weighted by molar-refractivity contribution is 5.93. The molecule has 1 amide bonds. The summed E-state index contributed by atoms with van der Waals surface area (Å²) in [6.45, 7) is 2.68. The lowest BCUT2D eigenvalue weighted by Gasteiger charge is -2.17. The molecule has 0 aliphatic rings. The van der Waals surface area contributed by atoms with Crippen LogP contribution in [0.3, 0.4) is 0 Å². The third-order valence-corrected chi connectivity index (χ3v) is 4.15. The summed E-state index contributed by atoms with van der Waals surface area (Å²) < 4.78 is 0. The van der Waals surface area contributed by atoms with E-state index >= 15 is 0 Å². The first-order valence-corrected chi connectivity index (χ1v) is 8.56. The number of rotatable bonds is 6. The zero-order valence-corrected chi connectivity index (χ0v) is 15.0. The number of carbonyl (C=O) groups excluding carboxylic acids is 1. The Balaban J connectivity index is 1.64. The van der Waals surface area contributed by atoms with Crippen molar-refractivity contribution in [2.45, 2.75) is 13.3 Å². The van der Waals surface area contributed by atoms with E-state index in [1.54, 1.807) is 36.6 Å². The first kappa shape index (κ1) is 17.6. The fourth-order valence-electron chi connectivity index (χ4n) is 2.57. The number of nitrogens with zero attached hydrogens (tertiary/aromatic N) is 3. The van der Waals surface area contributed by atoms with E-state index in [4.69, 9.17) is 0 Å². The quantitative estimate of drug-likeness (QED) is 0.737. The standard InChI is InChI=1S/C21H22N4O/c1-16-3-5-18(6-4-16)24-19-9-13-23-20(15-19)21(26)25(2)14-10-17-7-11-22-12-8-17/h3-9,11-13,15H,10,14H2,1-2H3,(H,23,24). The van der Waals surface area contributed by atoms with E-state index in [1.165, 1.54) is 5.56 Å². The van der Waals surface area contributed by atoms with Crippen molar-refractivity contribution < 1.29 is 4.79 Å². The number of pyridine rings is 2. The van der Waals surface area contributed by atoms with Gasteiger partial charge in [-0.3, -0.25) is 14.8 Å². The fraction of sp³-hybridized carbons (Fsp3) is 0.190. The maximum atomic E-state index is 12.6. The fourth-order valence-corrected chi connectivity index (χ4v) is 2.57. The van der Waals surface area contributed by atoms with Crippen molar-refractivity contribution in [2.24, 2.45) is 0 Å². The number of amides is 1. The van der Waals surface area contributed by atoms with Gasteiger partial charge < -0.3 is 10.2 Å². The highest BCUT2D eigenvalue weighted by atomic mass is 16.2. The van der Waals surface area contributed by atoms with Gasteiger partial charge in [-0.25, -0.2) is 0 Å². The second-order valence-electron chi connectivity index (χ2n) is 6.25. The lowest BCUT2D eigenvalue weighted by atomic mass is 10.2. The molecule has 0 spiro atoms. The summed E-state index contributed by atoms with van der Waals surface area (Å²) in [7, 11) is 1.80. The zero-order valence-electron chi connectivity index (χ0n) is 15.0. The molecule has 0 aliphatic carbocycles. The molecule has 2 aromatic heterocycles. The highest BCUT2D eigenvalue weighted by Crippen LogP contribution is 2.17. The second kappa shape index (κ2) is 8.25. The van der Waals surface area contributed by atoms with E-state index in [1.807, 2.05) is 42.5 Å². The second-order valence-corrected chi connectivity index (χ2v) is 6.25. The third-order valence-electron chi connectivity index (χ3n) is 4.15. The van der Waals surface area contributed by atoms with Gasteiger partial charge in [0.25, 0.3) is 5.91 Å². The van der Waals surface area contributed by atoms with Crippen LogP contribution < -0.4 is 5.32 Å². The van der Waals surface area contributed by atoms with Crippen molar-refractivity contribution in [1.29, 1.82) is 0 Å². The molecule has 1 aromatic carbocycles. The van der Waals surface area contributed by atoms with Crippen molar-refractivity contribution in [3.8, 4) is 0 Å². The molecular formula is C21H22N4O. The Labute approximate surface area is 153 Å². The minimum absolute atomic E-state index is 0.0911. The number of hydrogen-bond acceptors (Lipinski definition) is 4. The molecule has 5 heteroatoms. The first-order valence-electron chi connectivity index (χ1n) is 8.56. The summed E-state index contributed by atoms with van der Waals surface area (Å²) in [4.78, 5) is 22.6. The van der Waals surface area contributed by atoms with Crippen LogP contribution in [0.5, 0.6) is 0 Å². The van der Waals surface area contributed by atoms with Gasteiger partial charge in [0.05, 0.1) is 0 Å². The first-order chi connectivity index (χ1) is 12.6. The van der Waals surface area contributed by atoms with Crippen molar-refractivity contribution in [3.63, 3.8) is 0 Å². The van der Waals surface area contributed by atoms with Crippen LogP contribution >= 0.6 is 0 Å². The van der Waals surface area contributed by atoms with E-state index in [0.717, 1.165) is 23.4 Å². The normalized spacial score (nSPS) is 10.4. The van der Waals surface area contributed by atoms with Gasteiger partial charge in [-0.15, -0.1) is 0 Å². The van der Waals surface area contributed by atoms with Gasteiger partial charge in [0, 0.05) is 43.6 Å². The molecule has 26 heavy (non-hydrogen) atoms. The van der Waals surface area contributed by atoms with Crippen LogP contribution in [0.1, 0.15) is 21.6 Å². The Morgan fingerprint density at radius 1 is 1.00 bits per heavy atom. The van der Waals surface area contributed by atoms with E-state index in [-0.39, 0.29) is 5.91 Å². The molecule has 2 heterocycles. The summed E-state index contributed by atoms with van der Waals surface area (Å²) in [5.74, 6) is -0.0911. The molecule has 0 bridgehead atoms. The molecule has 0 radical (unpaired) electrons. The average molecular weight is 346 g/mol. The number of nitrogens with one attached hydrogen (secondary N) is 1. The highest BCUT2D eigenvalue weighted by Gasteiger charge is 2.13. The average Bonchev–Trinajstić information content (AvgIpc) is 2.68. The van der Waals surface area contributed by atoms with Crippen molar-refractivity contribution in [3.05, 3.63) is 83.9 Å². The van der Waals surface area contributed by atoms with Crippen LogP contribution in [0.15, 0.2) is 67.1 Å². The van der Waals surface area contributed by atoms with Gasteiger partial charge in [0.15, 0.2) is 0 Å². The SMILES string of the molecule is Cc1ccc(Nc2ccnc(C(=O)N(C)CCc3ccncc3)c2)cc1. The molecular weight excluding hydrogens is 324 g/mol. The predicted octanol–water partition coefficient (Wildman–Crippen LogP) is 3.84. The Kier molecular flexibility index (Phi) is 5.59. The lowest BCUT2D eigenvalue weighted by molar-refractivity contribution is 0.0791. The van der Waals surface area contributed by atoms with E-state index in [9.17, 15) is 4.79 Å². The molecule has 0 saturated carbocycles. The van der Waals surface area contributed by atoms with Crippen molar-refractivity contribution in [1.82, 2.24) is 14.9 Å². The van der Waals surface area contributed by atoms with Gasteiger partial charge in [0.1, 0.15) is 5.69 Å². The molecule has 5 nitrogen and oxygen atoms in total. The van der Waals surface area contributed by atoms with Gasteiger partial charge in [0.2, 0.25) is 0 Å². The van der Waals surface area contributed by atoms with Crippen LogP contribution in [0, 0.1) is 6.92 Å². The summed E-state index contributed by atoms with van der Waals surface area (Å²) in [6.07, 6.45) is 5.96. The largest absolute Gasteiger partial charge is 0.355 e. The molecule has 132 valence electrons. The van der Waals surface area contributed by atoms with Crippen LogP contribution in [-0.4, -0.2) is 34.4 Å². The van der Waals surface area contributed by atoms with Gasteiger partial charge in [-0.05, 0) is 55.3 Å². The molecule has 0 unspecified atom stereocenters. The zero-order chi connectivity index (χ0) is 18.4. The van der Waals surface area contributed by atoms with Crippen LogP contribution in [0.25, 0.3) is 0 Å². The minimum Gasteiger partial charge on any atom is -0.355 e. The maximum Gasteiger partial charge on any atom is 0.272 e. The molecule has 0 saturated heterocycles. The summed E-state index contributed by atoms with van der Waals surface area (Å²) in [5, 5.41) is 3.31. The van der Waals surface area contributed by atoms with Crippen molar-refractivity contribution in [2.75, 3.05) is 18.9 Å². The van der Waals surface area contributed by atoms with Gasteiger partial charge in [-0.2, -0.15) is 0 Å². The molecule has 3 aromatic rings. The smallest absolute Gasteiger partial charge is 0.272 e. The lowest BCUT2D eigenvalue weighted by Crippen LogP contribution is -2.29.